The molecule has 1 aromatic carbocycles. The second-order valence-corrected chi connectivity index (χ2v) is 8.50. The fourth-order valence-electron chi connectivity index (χ4n) is 3.78. The number of amides is 2. The summed E-state index contributed by atoms with van der Waals surface area (Å²) in [6.07, 6.45) is 3.40. The third-order valence-electron chi connectivity index (χ3n) is 5.54. The van der Waals surface area contributed by atoms with Gasteiger partial charge in [0.05, 0.1) is 19.0 Å². The van der Waals surface area contributed by atoms with Gasteiger partial charge in [-0.25, -0.2) is 4.98 Å². The zero-order chi connectivity index (χ0) is 23.1. The number of ether oxygens (including phenoxy) is 1. The molecule has 3 rings (SSSR count). The Hall–Kier alpha value is -3.16. The number of nitrogens with zero attached hydrogens (tertiary/aromatic N) is 5. The molecule has 0 aliphatic carbocycles. The number of aromatic nitrogens is 2. The number of carbonyl (C=O) groups excluding carboxylic acids is 2. The summed E-state index contributed by atoms with van der Waals surface area (Å²) >= 11 is 0. The SMILES string of the molecule is COc1ccc(N2CCN(C(=O)CCN(CC(C)C)C(=O)c3cnc(C)cn3)CC2)cc1. The van der Waals surface area contributed by atoms with Crippen LogP contribution >= 0.6 is 0 Å². The van der Waals surface area contributed by atoms with Crippen LogP contribution in [-0.4, -0.2) is 78.0 Å². The highest BCUT2D eigenvalue weighted by Crippen LogP contribution is 2.20. The van der Waals surface area contributed by atoms with Gasteiger partial charge in [-0.3, -0.25) is 14.6 Å². The molecular weight excluding hydrogens is 406 g/mol. The van der Waals surface area contributed by atoms with E-state index < -0.39 is 0 Å². The summed E-state index contributed by atoms with van der Waals surface area (Å²) in [7, 11) is 1.66. The highest BCUT2D eigenvalue weighted by atomic mass is 16.5. The smallest absolute Gasteiger partial charge is 0.274 e. The van der Waals surface area contributed by atoms with E-state index in [-0.39, 0.29) is 11.8 Å². The van der Waals surface area contributed by atoms with Crippen molar-refractivity contribution in [3.63, 3.8) is 0 Å². The molecule has 32 heavy (non-hydrogen) atoms. The van der Waals surface area contributed by atoms with E-state index in [2.05, 4.69) is 28.7 Å². The van der Waals surface area contributed by atoms with Crippen molar-refractivity contribution in [1.29, 1.82) is 0 Å². The molecule has 0 unspecified atom stereocenters. The van der Waals surface area contributed by atoms with Gasteiger partial charge in [0.15, 0.2) is 0 Å². The van der Waals surface area contributed by atoms with Crippen molar-refractivity contribution in [3.05, 3.63) is 48.0 Å². The van der Waals surface area contributed by atoms with Crippen LogP contribution in [0.3, 0.4) is 0 Å². The highest BCUT2D eigenvalue weighted by molar-refractivity contribution is 5.92. The molecular formula is C24H33N5O3. The number of hydrogen-bond donors (Lipinski definition) is 0. The van der Waals surface area contributed by atoms with Crippen molar-refractivity contribution in [2.75, 3.05) is 51.3 Å². The first-order valence-electron chi connectivity index (χ1n) is 11.1. The van der Waals surface area contributed by atoms with E-state index in [1.54, 1.807) is 18.2 Å². The Balaban J connectivity index is 1.53. The maximum Gasteiger partial charge on any atom is 0.274 e. The lowest BCUT2D eigenvalue weighted by molar-refractivity contribution is -0.131. The van der Waals surface area contributed by atoms with Gasteiger partial charge in [-0.05, 0) is 37.1 Å². The molecule has 0 saturated carbocycles. The van der Waals surface area contributed by atoms with Gasteiger partial charge in [-0.1, -0.05) is 13.8 Å². The van der Waals surface area contributed by atoms with Gasteiger partial charge in [0, 0.05) is 57.6 Å². The molecule has 8 nitrogen and oxygen atoms in total. The van der Waals surface area contributed by atoms with E-state index in [0.29, 0.717) is 44.2 Å². The van der Waals surface area contributed by atoms with Crippen LogP contribution in [0.1, 0.15) is 36.5 Å². The van der Waals surface area contributed by atoms with Crippen LogP contribution in [0.2, 0.25) is 0 Å². The normalized spacial score (nSPS) is 13.9. The van der Waals surface area contributed by atoms with E-state index in [4.69, 9.17) is 4.74 Å². The molecule has 1 aliphatic rings. The molecule has 8 heteroatoms. The molecule has 1 saturated heterocycles. The lowest BCUT2D eigenvalue weighted by Gasteiger charge is -2.36. The molecule has 1 fully saturated rings. The maximum atomic E-state index is 12.9. The summed E-state index contributed by atoms with van der Waals surface area (Å²) in [5.74, 6) is 1.03. The number of aryl methyl sites for hydroxylation is 1. The minimum Gasteiger partial charge on any atom is -0.497 e. The zero-order valence-corrected chi connectivity index (χ0v) is 19.5. The van der Waals surface area contributed by atoms with E-state index in [1.807, 2.05) is 36.1 Å². The maximum absolute atomic E-state index is 12.9. The van der Waals surface area contributed by atoms with Crippen molar-refractivity contribution in [2.45, 2.75) is 27.2 Å². The Morgan fingerprint density at radius 1 is 1.06 bits per heavy atom. The van der Waals surface area contributed by atoms with Gasteiger partial charge in [-0.15, -0.1) is 0 Å². The second-order valence-electron chi connectivity index (χ2n) is 8.50. The van der Waals surface area contributed by atoms with Crippen LogP contribution in [0.15, 0.2) is 36.7 Å². The standard InChI is InChI=1S/C24H33N5O3/c1-18(2)17-29(24(31)22-16-25-19(3)15-26-22)10-9-23(30)28-13-11-27(12-14-28)20-5-7-21(32-4)8-6-20/h5-8,15-16,18H,9-14,17H2,1-4H3. The predicted molar refractivity (Wildman–Crippen MR) is 124 cm³/mol. The minimum absolute atomic E-state index is 0.0796. The summed E-state index contributed by atoms with van der Waals surface area (Å²) in [5, 5.41) is 0. The molecule has 2 amide bonds. The first kappa shape index (κ1) is 23.5. The average Bonchev–Trinajstić information content (AvgIpc) is 2.81. The van der Waals surface area contributed by atoms with Crippen molar-refractivity contribution in [2.24, 2.45) is 5.92 Å². The fraction of sp³-hybridized carbons (Fsp3) is 0.500. The molecule has 172 valence electrons. The molecule has 1 aromatic heterocycles. The van der Waals surface area contributed by atoms with E-state index >= 15 is 0 Å². The third kappa shape index (κ3) is 6.18. The van der Waals surface area contributed by atoms with Gasteiger partial charge in [0.2, 0.25) is 5.91 Å². The van der Waals surface area contributed by atoms with E-state index in [1.165, 1.54) is 6.20 Å². The van der Waals surface area contributed by atoms with Gasteiger partial charge >= 0.3 is 0 Å². The minimum atomic E-state index is -0.177. The molecule has 1 aliphatic heterocycles. The summed E-state index contributed by atoms with van der Waals surface area (Å²) in [4.78, 5) is 40.0. The van der Waals surface area contributed by atoms with Gasteiger partial charge in [-0.2, -0.15) is 0 Å². The summed E-state index contributed by atoms with van der Waals surface area (Å²) in [5.41, 5.74) is 2.21. The van der Waals surface area contributed by atoms with Gasteiger partial charge in [0.1, 0.15) is 11.4 Å². The Kier molecular flexibility index (Phi) is 8.03. The second kappa shape index (κ2) is 10.9. The van der Waals surface area contributed by atoms with Gasteiger partial charge in [0.25, 0.3) is 5.91 Å². The number of piperazine rings is 1. The van der Waals surface area contributed by atoms with Gasteiger partial charge < -0.3 is 19.4 Å². The topological polar surface area (TPSA) is 78.9 Å². The quantitative estimate of drug-likeness (QED) is 0.629. The summed E-state index contributed by atoms with van der Waals surface area (Å²) in [6, 6.07) is 7.98. The van der Waals surface area contributed by atoms with Crippen molar-refractivity contribution in [1.82, 2.24) is 19.8 Å². The van der Waals surface area contributed by atoms with E-state index in [9.17, 15) is 9.59 Å². The Morgan fingerprint density at radius 3 is 2.31 bits per heavy atom. The molecule has 2 aromatic rings. The van der Waals surface area contributed by atoms with Crippen molar-refractivity contribution in [3.8, 4) is 5.75 Å². The number of benzene rings is 1. The highest BCUT2D eigenvalue weighted by Gasteiger charge is 2.24. The average molecular weight is 440 g/mol. The summed E-state index contributed by atoms with van der Waals surface area (Å²) in [6.45, 7) is 9.82. The number of carbonyl (C=O) groups is 2. The van der Waals surface area contributed by atoms with Crippen LogP contribution in [-0.2, 0) is 4.79 Å². The van der Waals surface area contributed by atoms with Crippen molar-refractivity contribution >= 4 is 17.5 Å². The van der Waals surface area contributed by atoms with Crippen LogP contribution in [0.25, 0.3) is 0 Å². The molecule has 0 bridgehead atoms. The third-order valence-corrected chi connectivity index (χ3v) is 5.54. The molecule has 0 radical (unpaired) electrons. The monoisotopic (exact) mass is 439 g/mol. The van der Waals surface area contributed by atoms with Crippen LogP contribution in [0.4, 0.5) is 5.69 Å². The number of rotatable bonds is 8. The molecule has 0 N–H and O–H groups in total. The number of anilines is 1. The predicted octanol–water partition coefficient (Wildman–Crippen LogP) is 2.63. The first-order valence-corrected chi connectivity index (χ1v) is 11.1. The summed E-state index contributed by atoms with van der Waals surface area (Å²) < 4.78 is 5.22. The van der Waals surface area contributed by atoms with Crippen molar-refractivity contribution < 1.29 is 14.3 Å². The molecule has 0 spiro atoms. The lowest BCUT2D eigenvalue weighted by Crippen LogP contribution is -2.49. The molecule has 0 atom stereocenters. The number of hydrogen-bond acceptors (Lipinski definition) is 6. The largest absolute Gasteiger partial charge is 0.497 e. The fourth-order valence-corrected chi connectivity index (χ4v) is 3.78. The Bertz CT molecular complexity index is 891. The first-order chi connectivity index (χ1) is 15.4. The molecule has 2 heterocycles. The van der Waals surface area contributed by atoms with Crippen LogP contribution in [0.5, 0.6) is 5.75 Å². The zero-order valence-electron chi connectivity index (χ0n) is 19.5. The Morgan fingerprint density at radius 2 is 1.75 bits per heavy atom. The number of methoxy groups -OCH3 is 1. The van der Waals surface area contributed by atoms with Crippen LogP contribution in [0, 0.1) is 12.8 Å². The Labute approximate surface area is 190 Å². The lowest BCUT2D eigenvalue weighted by atomic mass is 10.2. The van der Waals surface area contributed by atoms with E-state index in [0.717, 1.165) is 30.2 Å². The van der Waals surface area contributed by atoms with Crippen LogP contribution < -0.4 is 9.64 Å².